The van der Waals surface area contributed by atoms with Crippen molar-refractivity contribution in [3.63, 3.8) is 0 Å². The molecule has 1 aromatic rings. The lowest BCUT2D eigenvalue weighted by molar-refractivity contribution is 0.232. The first kappa shape index (κ1) is 15.0. The number of hydrogen-bond donors (Lipinski definition) is 1. The van der Waals surface area contributed by atoms with Gasteiger partial charge in [-0.05, 0) is 39.7 Å². The monoisotopic (exact) mass is 278 g/mol. The Balaban J connectivity index is 2.15. The van der Waals surface area contributed by atoms with Crippen molar-refractivity contribution < 1.29 is 4.74 Å². The Bertz CT molecular complexity index is 405. The second-order valence-electron chi connectivity index (χ2n) is 5.57. The molecule has 1 unspecified atom stereocenters. The van der Waals surface area contributed by atoms with Gasteiger partial charge in [-0.15, -0.1) is 0 Å². The van der Waals surface area contributed by atoms with Crippen LogP contribution in [0.25, 0.3) is 0 Å². The van der Waals surface area contributed by atoms with Crippen LogP contribution in [0.4, 0.5) is 5.82 Å². The molecule has 5 nitrogen and oxygen atoms in total. The summed E-state index contributed by atoms with van der Waals surface area (Å²) < 4.78 is 5.68. The quantitative estimate of drug-likeness (QED) is 0.865. The smallest absolute Gasteiger partial charge is 0.218 e. The van der Waals surface area contributed by atoms with Crippen LogP contribution in [0.3, 0.4) is 0 Å². The molecule has 1 N–H and O–H groups in total. The Morgan fingerprint density at radius 3 is 2.95 bits per heavy atom. The molecule has 5 heteroatoms. The summed E-state index contributed by atoms with van der Waals surface area (Å²) >= 11 is 0. The molecule has 0 bridgehead atoms. The number of nitrogens with one attached hydrogen (secondary N) is 1. The van der Waals surface area contributed by atoms with Gasteiger partial charge in [0, 0.05) is 25.2 Å². The van der Waals surface area contributed by atoms with E-state index < -0.39 is 0 Å². The lowest BCUT2D eigenvalue weighted by Crippen LogP contribution is -2.46. The van der Waals surface area contributed by atoms with Gasteiger partial charge in [0.1, 0.15) is 12.1 Å². The zero-order valence-electron chi connectivity index (χ0n) is 12.8. The maximum atomic E-state index is 5.68. The minimum atomic E-state index is 0.133. The molecule has 112 valence electrons. The summed E-state index contributed by atoms with van der Waals surface area (Å²) in [6.45, 7) is 9.40. The van der Waals surface area contributed by atoms with Crippen LogP contribution in [0, 0.1) is 0 Å². The lowest BCUT2D eigenvalue weighted by atomic mass is 10.1. The van der Waals surface area contributed by atoms with Crippen LogP contribution in [-0.4, -0.2) is 41.7 Å². The molecule has 2 rings (SSSR count). The third-order valence-electron chi connectivity index (χ3n) is 3.45. The highest BCUT2D eigenvalue weighted by Crippen LogP contribution is 2.22. The van der Waals surface area contributed by atoms with E-state index in [4.69, 9.17) is 4.74 Å². The largest absolute Gasteiger partial charge is 0.475 e. The second-order valence-corrected chi connectivity index (χ2v) is 5.57. The summed E-state index contributed by atoms with van der Waals surface area (Å²) in [5.41, 5.74) is 0. The van der Waals surface area contributed by atoms with Gasteiger partial charge in [0.2, 0.25) is 5.88 Å². The molecular formula is C15H26N4O. The molecule has 0 aliphatic carbocycles. The van der Waals surface area contributed by atoms with Crippen molar-refractivity contribution in [3.05, 3.63) is 12.4 Å². The van der Waals surface area contributed by atoms with E-state index in [1.807, 2.05) is 19.9 Å². The SMILES string of the molecule is CCCN(c1cc(OC(C)C)ncn1)C1CCCNC1. The zero-order valence-corrected chi connectivity index (χ0v) is 12.8. The Labute approximate surface area is 121 Å². The molecule has 1 atom stereocenters. The molecule has 0 saturated carbocycles. The van der Waals surface area contributed by atoms with E-state index >= 15 is 0 Å². The van der Waals surface area contributed by atoms with E-state index in [1.54, 1.807) is 6.33 Å². The van der Waals surface area contributed by atoms with E-state index in [0.717, 1.165) is 31.9 Å². The van der Waals surface area contributed by atoms with E-state index in [0.29, 0.717) is 11.9 Å². The summed E-state index contributed by atoms with van der Waals surface area (Å²) in [6.07, 6.45) is 5.30. The topological polar surface area (TPSA) is 50.3 Å². The van der Waals surface area contributed by atoms with Crippen LogP contribution in [0.2, 0.25) is 0 Å². The molecule has 20 heavy (non-hydrogen) atoms. The van der Waals surface area contributed by atoms with Crippen molar-refractivity contribution in [2.45, 2.75) is 52.2 Å². The number of piperidine rings is 1. The average molecular weight is 278 g/mol. The van der Waals surface area contributed by atoms with Crippen molar-refractivity contribution in [2.24, 2.45) is 0 Å². The van der Waals surface area contributed by atoms with Crippen molar-refractivity contribution in [3.8, 4) is 5.88 Å². The Hall–Kier alpha value is -1.36. The average Bonchev–Trinajstić information content (AvgIpc) is 2.45. The van der Waals surface area contributed by atoms with Gasteiger partial charge in [-0.1, -0.05) is 6.92 Å². The highest BCUT2D eigenvalue weighted by molar-refractivity contribution is 5.42. The van der Waals surface area contributed by atoms with Crippen LogP contribution >= 0.6 is 0 Å². The maximum Gasteiger partial charge on any atom is 0.218 e. The summed E-state index contributed by atoms with van der Waals surface area (Å²) in [6, 6.07) is 2.48. The maximum absolute atomic E-state index is 5.68. The molecule has 0 aromatic carbocycles. The molecule has 0 radical (unpaired) electrons. The molecule has 1 fully saturated rings. The highest BCUT2D eigenvalue weighted by atomic mass is 16.5. The molecule has 1 aliphatic heterocycles. The number of anilines is 1. The van der Waals surface area contributed by atoms with E-state index in [2.05, 4.69) is 27.1 Å². The minimum Gasteiger partial charge on any atom is -0.475 e. The lowest BCUT2D eigenvalue weighted by Gasteiger charge is -2.35. The predicted molar refractivity (Wildman–Crippen MR) is 81.3 cm³/mol. The first-order chi connectivity index (χ1) is 9.70. The summed E-state index contributed by atoms with van der Waals surface area (Å²) in [7, 11) is 0. The molecule has 0 amide bonds. The summed E-state index contributed by atoms with van der Waals surface area (Å²) in [5.74, 6) is 1.64. The van der Waals surface area contributed by atoms with Gasteiger partial charge in [-0.2, -0.15) is 0 Å². The van der Waals surface area contributed by atoms with Crippen LogP contribution in [0.5, 0.6) is 5.88 Å². The van der Waals surface area contributed by atoms with Gasteiger partial charge in [-0.3, -0.25) is 0 Å². The Morgan fingerprint density at radius 1 is 1.45 bits per heavy atom. The molecule has 2 heterocycles. The predicted octanol–water partition coefficient (Wildman–Crippen LogP) is 2.23. The Kier molecular flexibility index (Phi) is 5.59. The molecule has 1 aromatic heterocycles. The van der Waals surface area contributed by atoms with Crippen LogP contribution in [-0.2, 0) is 0 Å². The van der Waals surface area contributed by atoms with E-state index in [9.17, 15) is 0 Å². The van der Waals surface area contributed by atoms with Crippen molar-refractivity contribution in [1.29, 1.82) is 0 Å². The highest BCUT2D eigenvalue weighted by Gasteiger charge is 2.22. The zero-order chi connectivity index (χ0) is 14.4. The number of aromatic nitrogens is 2. The van der Waals surface area contributed by atoms with Crippen LogP contribution in [0.1, 0.15) is 40.0 Å². The normalized spacial score (nSPS) is 19.1. The van der Waals surface area contributed by atoms with E-state index in [-0.39, 0.29) is 6.10 Å². The number of nitrogens with zero attached hydrogens (tertiary/aromatic N) is 3. The van der Waals surface area contributed by atoms with Gasteiger partial charge in [-0.25, -0.2) is 9.97 Å². The molecule has 0 spiro atoms. The number of hydrogen-bond acceptors (Lipinski definition) is 5. The van der Waals surface area contributed by atoms with Gasteiger partial charge in [0.15, 0.2) is 0 Å². The molecule has 1 aliphatic rings. The first-order valence-corrected chi connectivity index (χ1v) is 7.66. The minimum absolute atomic E-state index is 0.133. The van der Waals surface area contributed by atoms with Crippen molar-refractivity contribution in [2.75, 3.05) is 24.5 Å². The first-order valence-electron chi connectivity index (χ1n) is 7.66. The van der Waals surface area contributed by atoms with Gasteiger partial charge in [0.25, 0.3) is 0 Å². The molecular weight excluding hydrogens is 252 g/mol. The number of rotatable bonds is 6. The van der Waals surface area contributed by atoms with Crippen LogP contribution < -0.4 is 15.0 Å². The fourth-order valence-electron chi connectivity index (χ4n) is 2.62. The van der Waals surface area contributed by atoms with Crippen LogP contribution in [0.15, 0.2) is 12.4 Å². The van der Waals surface area contributed by atoms with Gasteiger partial charge in [0.05, 0.1) is 6.10 Å². The van der Waals surface area contributed by atoms with Gasteiger partial charge < -0.3 is 15.0 Å². The number of ether oxygens (including phenoxy) is 1. The van der Waals surface area contributed by atoms with Crippen molar-refractivity contribution >= 4 is 5.82 Å². The molecule has 1 saturated heterocycles. The van der Waals surface area contributed by atoms with Gasteiger partial charge >= 0.3 is 0 Å². The second kappa shape index (κ2) is 7.43. The fraction of sp³-hybridized carbons (Fsp3) is 0.733. The Morgan fingerprint density at radius 2 is 2.30 bits per heavy atom. The standard InChI is InChI=1S/C15H26N4O/c1-4-8-19(13-6-5-7-16-10-13)14-9-15(18-11-17-14)20-12(2)3/h9,11-13,16H,4-8,10H2,1-3H3. The third kappa shape index (κ3) is 4.07. The van der Waals surface area contributed by atoms with E-state index in [1.165, 1.54) is 12.8 Å². The third-order valence-corrected chi connectivity index (χ3v) is 3.45. The fourth-order valence-corrected chi connectivity index (χ4v) is 2.62. The summed E-state index contributed by atoms with van der Waals surface area (Å²) in [5, 5.41) is 3.47. The summed E-state index contributed by atoms with van der Waals surface area (Å²) in [4.78, 5) is 11.0. The van der Waals surface area contributed by atoms with Crippen molar-refractivity contribution in [1.82, 2.24) is 15.3 Å².